The van der Waals surface area contributed by atoms with Gasteiger partial charge >= 0.3 is 0 Å². The number of aromatic nitrogens is 2. The quantitative estimate of drug-likeness (QED) is 0.591. The molecular weight excluding hydrogens is 367 g/mol. The van der Waals surface area contributed by atoms with E-state index in [1.54, 1.807) is 12.1 Å². The van der Waals surface area contributed by atoms with Crippen molar-refractivity contribution in [3.05, 3.63) is 54.1 Å². The Morgan fingerprint density at radius 2 is 1.90 bits per heavy atom. The molecule has 1 aliphatic rings. The molecule has 3 aromatic rings. The highest BCUT2D eigenvalue weighted by Crippen LogP contribution is 2.25. The predicted octanol–water partition coefficient (Wildman–Crippen LogP) is 3.72. The molecule has 0 bridgehead atoms. The van der Waals surface area contributed by atoms with Crippen LogP contribution in [-0.2, 0) is 6.54 Å². The number of piperidine rings is 1. The van der Waals surface area contributed by atoms with Gasteiger partial charge in [0.1, 0.15) is 17.5 Å². The lowest BCUT2D eigenvalue weighted by molar-refractivity contribution is 0.226. The van der Waals surface area contributed by atoms with Crippen LogP contribution in [0, 0.1) is 11.7 Å². The Labute approximate surface area is 170 Å². The molecule has 0 saturated carbocycles. The fraction of sp³-hybridized carbons (Fsp3) is 0.364. The fourth-order valence-electron chi connectivity index (χ4n) is 3.69. The van der Waals surface area contributed by atoms with E-state index in [9.17, 15) is 4.39 Å². The van der Waals surface area contributed by atoms with E-state index in [4.69, 9.17) is 5.73 Å². The van der Waals surface area contributed by atoms with Gasteiger partial charge in [-0.3, -0.25) is 0 Å². The molecule has 1 fully saturated rings. The van der Waals surface area contributed by atoms with Crippen molar-refractivity contribution in [2.45, 2.75) is 19.4 Å². The monoisotopic (exact) mass is 394 g/mol. The van der Waals surface area contributed by atoms with Crippen molar-refractivity contribution in [2.75, 3.05) is 43.0 Å². The predicted molar refractivity (Wildman–Crippen MR) is 116 cm³/mol. The van der Waals surface area contributed by atoms with Crippen molar-refractivity contribution < 1.29 is 4.39 Å². The van der Waals surface area contributed by atoms with Crippen molar-refractivity contribution in [3.8, 4) is 0 Å². The molecule has 0 amide bonds. The molecule has 0 unspecified atom stereocenters. The molecule has 1 aromatic carbocycles. The summed E-state index contributed by atoms with van der Waals surface area (Å²) in [7, 11) is 2.18. The second-order valence-electron chi connectivity index (χ2n) is 7.78. The lowest BCUT2D eigenvalue weighted by atomic mass is 9.97. The Morgan fingerprint density at radius 3 is 2.66 bits per heavy atom. The maximum atomic E-state index is 14.0. The number of fused-ring (bicyclic) bond motifs is 1. The third kappa shape index (κ3) is 4.74. The third-order valence-corrected chi connectivity index (χ3v) is 5.60. The van der Waals surface area contributed by atoms with E-state index in [2.05, 4.69) is 38.6 Å². The first-order valence-corrected chi connectivity index (χ1v) is 10.0. The summed E-state index contributed by atoms with van der Waals surface area (Å²) in [6.45, 7) is 3.92. The summed E-state index contributed by atoms with van der Waals surface area (Å²) in [4.78, 5) is 10.8. The van der Waals surface area contributed by atoms with Gasteiger partial charge in [0.15, 0.2) is 0 Å². The summed E-state index contributed by atoms with van der Waals surface area (Å²) in [6, 6.07) is 9.49. The molecule has 0 aliphatic carbocycles. The zero-order valence-corrected chi connectivity index (χ0v) is 16.7. The number of benzene rings is 1. The molecule has 3 heterocycles. The first-order chi connectivity index (χ1) is 14.1. The van der Waals surface area contributed by atoms with E-state index in [1.807, 2.05) is 18.3 Å². The van der Waals surface area contributed by atoms with Crippen LogP contribution in [-0.4, -0.2) is 41.5 Å². The summed E-state index contributed by atoms with van der Waals surface area (Å²) in [5, 5.41) is 7.86. The number of rotatable bonds is 6. The number of halogens is 1. The topological polar surface area (TPSA) is 79.1 Å². The summed E-state index contributed by atoms with van der Waals surface area (Å²) < 4.78 is 14.0. The largest absolute Gasteiger partial charge is 0.383 e. The molecular formula is C22H27FN6. The second kappa shape index (κ2) is 8.61. The van der Waals surface area contributed by atoms with Gasteiger partial charge in [-0.15, -0.1) is 0 Å². The average molecular weight is 394 g/mol. The van der Waals surface area contributed by atoms with Crippen LogP contribution in [0.3, 0.4) is 0 Å². The number of anilines is 3. The lowest BCUT2D eigenvalue weighted by Crippen LogP contribution is -2.33. The van der Waals surface area contributed by atoms with Gasteiger partial charge in [-0.1, -0.05) is 6.07 Å². The molecule has 0 spiro atoms. The SMILES string of the molecule is CN1CCC(CNc2ccc(CNc3ccc4c(N)ncc(F)c4c3)cn2)CC1. The van der Waals surface area contributed by atoms with E-state index in [1.165, 1.54) is 25.9 Å². The van der Waals surface area contributed by atoms with Crippen molar-refractivity contribution >= 4 is 28.1 Å². The highest BCUT2D eigenvalue weighted by Gasteiger charge is 2.16. The van der Waals surface area contributed by atoms with Crippen LogP contribution in [0.4, 0.5) is 21.7 Å². The summed E-state index contributed by atoms with van der Waals surface area (Å²) >= 11 is 0. The van der Waals surface area contributed by atoms with Gasteiger partial charge in [0.25, 0.3) is 0 Å². The molecule has 1 saturated heterocycles. The highest BCUT2D eigenvalue weighted by atomic mass is 19.1. The van der Waals surface area contributed by atoms with Gasteiger partial charge in [-0.2, -0.15) is 0 Å². The number of nitrogens with one attached hydrogen (secondary N) is 2. The number of pyridine rings is 2. The number of nitrogen functional groups attached to an aromatic ring is 1. The molecule has 1 aliphatic heterocycles. The summed E-state index contributed by atoms with van der Waals surface area (Å²) in [5.74, 6) is 1.58. The number of hydrogen-bond donors (Lipinski definition) is 3. The highest BCUT2D eigenvalue weighted by molar-refractivity contribution is 5.93. The number of likely N-dealkylation sites (tertiary alicyclic amines) is 1. The van der Waals surface area contributed by atoms with E-state index < -0.39 is 0 Å². The van der Waals surface area contributed by atoms with Gasteiger partial charge in [0.2, 0.25) is 0 Å². The number of nitrogens with two attached hydrogens (primary N) is 1. The first-order valence-electron chi connectivity index (χ1n) is 10.0. The Kier molecular flexibility index (Phi) is 5.76. The van der Waals surface area contributed by atoms with Crippen molar-refractivity contribution in [1.82, 2.24) is 14.9 Å². The van der Waals surface area contributed by atoms with Crippen molar-refractivity contribution in [3.63, 3.8) is 0 Å². The van der Waals surface area contributed by atoms with E-state index in [-0.39, 0.29) is 5.82 Å². The summed E-state index contributed by atoms with van der Waals surface area (Å²) in [6.07, 6.45) is 5.50. The van der Waals surface area contributed by atoms with E-state index in [0.717, 1.165) is 29.8 Å². The number of hydrogen-bond acceptors (Lipinski definition) is 6. The summed E-state index contributed by atoms with van der Waals surface area (Å²) in [5.41, 5.74) is 7.70. The minimum atomic E-state index is -0.375. The molecule has 4 rings (SSSR count). The molecule has 4 N–H and O–H groups in total. The van der Waals surface area contributed by atoms with Crippen LogP contribution in [0.5, 0.6) is 0 Å². The Morgan fingerprint density at radius 1 is 1.07 bits per heavy atom. The van der Waals surface area contributed by atoms with Crippen LogP contribution >= 0.6 is 0 Å². The zero-order valence-electron chi connectivity index (χ0n) is 16.7. The molecule has 7 heteroatoms. The number of nitrogens with zero attached hydrogens (tertiary/aromatic N) is 3. The van der Waals surface area contributed by atoms with Gasteiger partial charge in [-0.05, 0) is 68.7 Å². The van der Waals surface area contributed by atoms with E-state index in [0.29, 0.717) is 29.1 Å². The third-order valence-electron chi connectivity index (χ3n) is 5.60. The van der Waals surface area contributed by atoms with Crippen LogP contribution in [0.1, 0.15) is 18.4 Å². The first kappa shape index (κ1) is 19.4. The van der Waals surface area contributed by atoms with Crippen LogP contribution < -0.4 is 16.4 Å². The van der Waals surface area contributed by atoms with Crippen molar-refractivity contribution in [2.24, 2.45) is 5.92 Å². The Balaban J connectivity index is 1.32. The molecule has 29 heavy (non-hydrogen) atoms. The molecule has 152 valence electrons. The van der Waals surface area contributed by atoms with Gasteiger partial charge < -0.3 is 21.3 Å². The Bertz CT molecular complexity index is 967. The minimum absolute atomic E-state index is 0.334. The molecule has 0 radical (unpaired) electrons. The van der Waals surface area contributed by atoms with Crippen LogP contribution in [0.25, 0.3) is 10.8 Å². The Hall–Kier alpha value is -2.93. The maximum Gasteiger partial charge on any atom is 0.149 e. The smallest absolute Gasteiger partial charge is 0.149 e. The average Bonchev–Trinajstić information content (AvgIpc) is 2.75. The van der Waals surface area contributed by atoms with Gasteiger partial charge in [-0.25, -0.2) is 14.4 Å². The zero-order chi connectivity index (χ0) is 20.2. The minimum Gasteiger partial charge on any atom is -0.383 e. The lowest BCUT2D eigenvalue weighted by Gasteiger charge is -2.29. The van der Waals surface area contributed by atoms with Crippen molar-refractivity contribution in [1.29, 1.82) is 0 Å². The van der Waals surface area contributed by atoms with Crippen LogP contribution in [0.2, 0.25) is 0 Å². The molecule has 6 nitrogen and oxygen atoms in total. The second-order valence-corrected chi connectivity index (χ2v) is 7.78. The van der Waals surface area contributed by atoms with Gasteiger partial charge in [0, 0.05) is 35.7 Å². The fourth-order valence-corrected chi connectivity index (χ4v) is 3.69. The molecule has 0 atom stereocenters. The maximum absolute atomic E-state index is 14.0. The molecule has 2 aromatic heterocycles. The van der Waals surface area contributed by atoms with Gasteiger partial charge in [0.05, 0.1) is 6.20 Å². The van der Waals surface area contributed by atoms with E-state index >= 15 is 0 Å². The normalized spacial score (nSPS) is 15.5. The van der Waals surface area contributed by atoms with Crippen LogP contribution in [0.15, 0.2) is 42.7 Å². The standard InChI is InChI=1S/C22H27FN6/c1-29-8-6-15(7-9-29)11-26-21-5-2-16(13-27-21)12-25-17-3-4-18-19(10-17)20(23)14-28-22(18)24/h2-5,10,13-15,25H,6-9,11-12H2,1H3,(H2,24,28)(H,26,27).